The van der Waals surface area contributed by atoms with Gasteiger partial charge in [-0.3, -0.25) is 0 Å². The van der Waals surface area contributed by atoms with Gasteiger partial charge in [-0.2, -0.15) is 0 Å². The zero-order valence-electron chi connectivity index (χ0n) is 21.7. The van der Waals surface area contributed by atoms with Crippen molar-refractivity contribution in [2.24, 2.45) is 0 Å². The Morgan fingerprint density at radius 3 is 1.13 bits per heavy atom. The molecular weight excluding hydrogens is 456 g/mol. The van der Waals surface area contributed by atoms with Crippen LogP contribution in [0.5, 0.6) is 0 Å². The van der Waals surface area contributed by atoms with Gasteiger partial charge >= 0.3 is 0 Å². The zero-order valence-corrected chi connectivity index (χ0v) is 21.7. The fourth-order valence-electron chi connectivity index (χ4n) is 6.02. The summed E-state index contributed by atoms with van der Waals surface area (Å²) in [5, 5.41) is 13.0. The number of hydrogen-bond donors (Lipinski definition) is 0. The molecule has 8 aromatic carbocycles. The van der Waals surface area contributed by atoms with E-state index in [1.165, 1.54) is 76.1 Å². The first kappa shape index (κ1) is 22.5. The highest BCUT2D eigenvalue weighted by atomic mass is 14.2. The normalized spacial score (nSPS) is 11.4. The Labute approximate surface area is 223 Å². The van der Waals surface area contributed by atoms with Gasteiger partial charge in [-0.25, -0.2) is 0 Å². The summed E-state index contributed by atoms with van der Waals surface area (Å²) in [6, 6.07) is 49.2. The van der Waals surface area contributed by atoms with Crippen LogP contribution in [0, 0.1) is 0 Å². The molecule has 0 atom stereocenters. The number of fused-ring (bicyclic) bond motifs is 2. The molecule has 0 spiro atoms. The van der Waals surface area contributed by atoms with Crippen LogP contribution >= 0.6 is 0 Å². The minimum absolute atomic E-state index is 1.27. The third kappa shape index (κ3) is 3.45. The lowest BCUT2D eigenvalue weighted by molar-refractivity contribution is 1.50. The largest absolute Gasteiger partial charge is 0.0683 e. The van der Waals surface area contributed by atoms with E-state index in [4.69, 9.17) is 0 Å². The zero-order chi connectivity index (χ0) is 25.6. The van der Waals surface area contributed by atoms with Gasteiger partial charge in [0.05, 0.1) is 0 Å². The van der Waals surface area contributed by atoms with Crippen molar-refractivity contribution < 1.29 is 0 Å². The van der Waals surface area contributed by atoms with Crippen LogP contribution in [0.2, 0.25) is 0 Å². The Morgan fingerprint density at radius 1 is 0.316 bits per heavy atom. The maximum atomic E-state index is 2.32. The maximum absolute atomic E-state index is 2.32. The van der Waals surface area contributed by atoms with Crippen LogP contribution in [-0.2, 0) is 0 Å². The van der Waals surface area contributed by atoms with E-state index < -0.39 is 0 Å². The highest BCUT2D eigenvalue weighted by Crippen LogP contribution is 2.42. The van der Waals surface area contributed by atoms with Crippen molar-refractivity contribution in [1.82, 2.24) is 0 Å². The molecule has 38 heavy (non-hydrogen) atoms. The van der Waals surface area contributed by atoms with E-state index in [1.54, 1.807) is 0 Å². The topological polar surface area (TPSA) is 0 Å². The highest BCUT2D eigenvalue weighted by molar-refractivity contribution is 6.27. The molecule has 0 aliphatic carbocycles. The van der Waals surface area contributed by atoms with Crippen molar-refractivity contribution in [3.05, 3.63) is 133 Å². The Bertz CT molecular complexity index is 1940. The average molecular weight is 485 g/mol. The first-order chi connectivity index (χ1) is 18.8. The smallest absolute Gasteiger partial charge is 0.00203 e. The van der Waals surface area contributed by atoms with E-state index in [0.717, 1.165) is 0 Å². The molecular formula is C38H28. The summed E-state index contributed by atoms with van der Waals surface area (Å²) in [7, 11) is 0. The molecule has 0 nitrogen and oxygen atoms in total. The van der Waals surface area contributed by atoms with Crippen LogP contribution in [-0.4, -0.2) is 0 Å². The van der Waals surface area contributed by atoms with Gasteiger partial charge in [0.25, 0.3) is 0 Å². The van der Waals surface area contributed by atoms with Gasteiger partial charge < -0.3 is 0 Å². The molecule has 0 saturated heterocycles. The summed E-state index contributed by atoms with van der Waals surface area (Å²) in [5.41, 5.74) is 5.11. The second kappa shape index (κ2) is 9.01. The SMILES string of the molecule is CC.c1ccc2cc(-c3ccc4ccc5c(-c6ccc7ccccc7c6)ccc6ccc3c4c65)ccc2c1. The van der Waals surface area contributed by atoms with Crippen LogP contribution in [0.3, 0.4) is 0 Å². The monoisotopic (exact) mass is 484 g/mol. The van der Waals surface area contributed by atoms with E-state index in [0.29, 0.717) is 0 Å². The fraction of sp³-hybridized carbons (Fsp3) is 0.0526. The summed E-state index contributed by atoms with van der Waals surface area (Å²) < 4.78 is 0. The Hall–Kier alpha value is -4.68. The summed E-state index contributed by atoms with van der Waals surface area (Å²) in [6.07, 6.45) is 0. The molecule has 0 N–H and O–H groups in total. The molecule has 0 radical (unpaired) electrons. The van der Waals surface area contributed by atoms with Gasteiger partial charge in [-0.1, -0.05) is 135 Å². The second-order valence-corrected chi connectivity index (χ2v) is 9.77. The van der Waals surface area contributed by atoms with Crippen molar-refractivity contribution in [2.75, 3.05) is 0 Å². The molecule has 0 bridgehead atoms. The van der Waals surface area contributed by atoms with E-state index in [2.05, 4.69) is 133 Å². The van der Waals surface area contributed by atoms with Crippen molar-refractivity contribution in [1.29, 1.82) is 0 Å². The predicted octanol–water partition coefficient (Wildman–Crippen LogP) is 11.3. The van der Waals surface area contributed by atoms with E-state index >= 15 is 0 Å². The van der Waals surface area contributed by atoms with Gasteiger partial charge in [0.1, 0.15) is 0 Å². The quantitative estimate of drug-likeness (QED) is 0.214. The predicted molar refractivity (Wildman–Crippen MR) is 167 cm³/mol. The third-order valence-corrected chi connectivity index (χ3v) is 7.79. The van der Waals surface area contributed by atoms with Crippen molar-refractivity contribution in [3.8, 4) is 22.3 Å². The number of benzene rings is 8. The Balaban J connectivity index is 0.00000118. The van der Waals surface area contributed by atoms with Crippen LogP contribution in [0.15, 0.2) is 133 Å². The molecule has 0 unspecified atom stereocenters. The van der Waals surface area contributed by atoms with Crippen LogP contribution in [0.1, 0.15) is 13.8 Å². The fourth-order valence-corrected chi connectivity index (χ4v) is 6.02. The number of hydrogen-bond acceptors (Lipinski definition) is 0. The Kier molecular flexibility index (Phi) is 5.34. The highest BCUT2D eigenvalue weighted by Gasteiger charge is 2.15. The minimum atomic E-state index is 1.27. The molecule has 0 amide bonds. The van der Waals surface area contributed by atoms with Crippen molar-refractivity contribution in [3.63, 3.8) is 0 Å². The van der Waals surface area contributed by atoms with Gasteiger partial charge in [0.15, 0.2) is 0 Å². The lowest BCUT2D eigenvalue weighted by atomic mass is 9.87. The lowest BCUT2D eigenvalue weighted by Crippen LogP contribution is -1.89. The summed E-state index contributed by atoms with van der Waals surface area (Å²) in [5.74, 6) is 0. The standard InChI is InChI=1S/C36H22.C2H6/c1-3-7-27-21-29(11-9-23(27)5-1)31-17-13-25-16-20-34-32(18-14-26-15-19-33(31)35(25)36(26)34)30-12-10-24-6-2-4-8-28(24)22-30;1-2/h1-22H;1-2H3. The van der Waals surface area contributed by atoms with Crippen LogP contribution in [0.4, 0.5) is 0 Å². The van der Waals surface area contributed by atoms with Gasteiger partial charge in [-0.15, -0.1) is 0 Å². The lowest BCUT2D eigenvalue weighted by Gasteiger charge is -2.17. The average Bonchev–Trinajstić information content (AvgIpc) is 3.00. The molecule has 8 rings (SSSR count). The molecule has 0 fully saturated rings. The summed E-state index contributed by atoms with van der Waals surface area (Å²) >= 11 is 0. The Morgan fingerprint density at radius 2 is 0.684 bits per heavy atom. The van der Waals surface area contributed by atoms with E-state index in [-0.39, 0.29) is 0 Å². The minimum Gasteiger partial charge on any atom is -0.0683 e. The first-order valence-corrected chi connectivity index (χ1v) is 13.5. The van der Waals surface area contributed by atoms with E-state index in [1.807, 2.05) is 13.8 Å². The third-order valence-electron chi connectivity index (χ3n) is 7.79. The van der Waals surface area contributed by atoms with Crippen molar-refractivity contribution in [2.45, 2.75) is 13.8 Å². The molecule has 0 aromatic heterocycles. The van der Waals surface area contributed by atoms with Crippen molar-refractivity contribution >= 4 is 53.9 Å². The maximum Gasteiger partial charge on any atom is -0.00203 e. The molecule has 8 aromatic rings. The molecule has 0 aliphatic rings. The molecule has 0 heteroatoms. The van der Waals surface area contributed by atoms with Gasteiger partial charge in [0, 0.05) is 0 Å². The molecule has 0 heterocycles. The molecule has 0 saturated carbocycles. The molecule has 0 aliphatic heterocycles. The number of rotatable bonds is 2. The van der Waals surface area contributed by atoms with E-state index in [9.17, 15) is 0 Å². The van der Waals surface area contributed by atoms with Gasteiger partial charge in [0.2, 0.25) is 0 Å². The molecule has 180 valence electrons. The first-order valence-electron chi connectivity index (χ1n) is 13.5. The van der Waals surface area contributed by atoms with Gasteiger partial charge in [-0.05, 0) is 88.2 Å². The van der Waals surface area contributed by atoms with Crippen LogP contribution in [0.25, 0.3) is 76.1 Å². The van der Waals surface area contributed by atoms with Crippen LogP contribution < -0.4 is 0 Å². The summed E-state index contributed by atoms with van der Waals surface area (Å²) in [6.45, 7) is 4.00. The second-order valence-electron chi connectivity index (χ2n) is 9.77. The summed E-state index contributed by atoms with van der Waals surface area (Å²) in [4.78, 5) is 0.